The summed E-state index contributed by atoms with van der Waals surface area (Å²) in [5.41, 5.74) is 7.46. The minimum Gasteiger partial charge on any atom is -0.309 e. The fraction of sp³-hybridized carbons (Fsp3) is 0. The molecule has 198 valence electrons. The molecule has 0 aliphatic heterocycles. The van der Waals surface area contributed by atoms with Gasteiger partial charge in [-0.25, -0.2) is 4.98 Å². The summed E-state index contributed by atoms with van der Waals surface area (Å²) in [6, 6.07) is 48.4. The van der Waals surface area contributed by atoms with Crippen LogP contribution in [0.4, 0.5) is 0 Å². The van der Waals surface area contributed by atoms with Gasteiger partial charge >= 0.3 is 0 Å². The lowest BCUT2D eigenvalue weighted by Gasteiger charge is -2.11. The Bertz CT molecular complexity index is 2270. The molecule has 4 nitrogen and oxygen atoms in total. The van der Waals surface area contributed by atoms with Gasteiger partial charge in [0.25, 0.3) is 0 Å². The molecule has 8 rings (SSSR count). The third-order valence-electron chi connectivity index (χ3n) is 7.76. The number of benzene rings is 6. The fourth-order valence-electron chi connectivity index (χ4n) is 5.78. The maximum Gasteiger partial charge on any atom is 0.226 e. The van der Waals surface area contributed by atoms with Crippen LogP contribution in [0.2, 0.25) is 5.28 Å². The molecule has 0 saturated heterocycles. The highest BCUT2D eigenvalue weighted by atomic mass is 35.5. The zero-order valence-electron chi connectivity index (χ0n) is 22.4. The van der Waals surface area contributed by atoms with E-state index in [1.54, 1.807) is 0 Å². The summed E-state index contributed by atoms with van der Waals surface area (Å²) in [5, 5.41) is 4.86. The van der Waals surface area contributed by atoms with Crippen molar-refractivity contribution in [1.82, 2.24) is 19.5 Å². The number of nitrogens with zero attached hydrogens (tertiary/aromatic N) is 4. The highest BCUT2D eigenvalue weighted by Crippen LogP contribution is 2.36. The molecule has 2 heterocycles. The van der Waals surface area contributed by atoms with Crippen molar-refractivity contribution in [1.29, 1.82) is 0 Å². The second-order valence-corrected chi connectivity index (χ2v) is 10.7. The second-order valence-electron chi connectivity index (χ2n) is 10.3. The Morgan fingerprint density at radius 2 is 1.10 bits per heavy atom. The van der Waals surface area contributed by atoms with Crippen LogP contribution in [0, 0.1) is 0 Å². The fourth-order valence-corrected chi connectivity index (χ4v) is 5.94. The van der Waals surface area contributed by atoms with E-state index in [4.69, 9.17) is 16.6 Å². The van der Waals surface area contributed by atoms with Crippen LogP contribution >= 0.6 is 11.6 Å². The Morgan fingerprint density at radius 1 is 0.429 bits per heavy atom. The van der Waals surface area contributed by atoms with Crippen LogP contribution < -0.4 is 0 Å². The van der Waals surface area contributed by atoms with Gasteiger partial charge in [-0.3, -0.25) is 0 Å². The van der Waals surface area contributed by atoms with Crippen LogP contribution in [0.1, 0.15) is 0 Å². The van der Waals surface area contributed by atoms with Gasteiger partial charge in [0.1, 0.15) is 0 Å². The first-order valence-corrected chi connectivity index (χ1v) is 14.2. The van der Waals surface area contributed by atoms with E-state index in [1.807, 2.05) is 36.4 Å². The molecule has 6 aromatic carbocycles. The zero-order chi connectivity index (χ0) is 28.0. The van der Waals surface area contributed by atoms with Crippen molar-refractivity contribution in [3.8, 4) is 39.6 Å². The van der Waals surface area contributed by atoms with Crippen LogP contribution in [0.15, 0.2) is 140 Å². The molecule has 0 radical (unpaired) electrons. The number of hydrogen-bond acceptors (Lipinski definition) is 3. The van der Waals surface area contributed by atoms with Crippen molar-refractivity contribution >= 4 is 44.2 Å². The Balaban J connectivity index is 1.26. The van der Waals surface area contributed by atoms with E-state index in [9.17, 15) is 0 Å². The number of fused-ring (bicyclic) bond motifs is 4. The first kappa shape index (κ1) is 24.5. The lowest BCUT2D eigenvalue weighted by atomic mass is 10.0. The van der Waals surface area contributed by atoms with Gasteiger partial charge < -0.3 is 4.57 Å². The molecule has 0 N–H and O–H groups in total. The van der Waals surface area contributed by atoms with Crippen molar-refractivity contribution in [2.24, 2.45) is 0 Å². The summed E-state index contributed by atoms with van der Waals surface area (Å²) in [7, 11) is 0. The van der Waals surface area contributed by atoms with Gasteiger partial charge in [-0.2, -0.15) is 9.97 Å². The number of halogens is 1. The van der Waals surface area contributed by atoms with E-state index in [2.05, 4.69) is 118 Å². The Labute approximate surface area is 247 Å². The summed E-state index contributed by atoms with van der Waals surface area (Å²) in [5.74, 6) is 1.08. The van der Waals surface area contributed by atoms with Gasteiger partial charge in [0.05, 0.1) is 11.0 Å². The maximum absolute atomic E-state index is 6.46. The van der Waals surface area contributed by atoms with E-state index < -0.39 is 0 Å². The van der Waals surface area contributed by atoms with E-state index in [-0.39, 0.29) is 5.28 Å². The smallest absolute Gasteiger partial charge is 0.226 e. The van der Waals surface area contributed by atoms with E-state index in [0.29, 0.717) is 11.6 Å². The van der Waals surface area contributed by atoms with E-state index in [1.165, 1.54) is 21.9 Å². The SMILES string of the molecule is Clc1nc(-c2cccc(-n3c4ccccc4c4cc(-c5ccccc5)ccc43)c2)nc(-c2ccc3ccccc3c2)n1. The predicted molar refractivity (Wildman–Crippen MR) is 173 cm³/mol. The van der Waals surface area contributed by atoms with Crippen molar-refractivity contribution in [2.75, 3.05) is 0 Å². The Morgan fingerprint density at radius 3 is 1.95 bits per heavy atom. The molecule has 0 unspecified atom stereocenters. The van der Waals surface area contributed by atoms with Gasteiger partial charge in [0.15, 0.2) is 11.6 Å². The predicted octanol–water partition coefficient (Wildman–Crippen LogP) is 9.78. The number of hydrogen-bond donors (Lipinski definition) is 0. The topological polar surface area (TPSA) is 43.6 Å². The summed E-state index contributed by atoms with van der Waals surface area (Å²) < 4.78 is 2.30. The Hall–Kier alpha value is -5.32. The molecule has 5 heteroatoms. The third-order valence-corrected chi connectivity index (χ3v) is 7.93. The molecular formula is C37H23ClN4. The second kappa shape index (κ2) is 9.95. The normalized spacial score (nSPS) is 11.5. The quantitative estimate of drug-likeness (QED) is 0.216. The maximum atomic E-state index is 6.46. The Kier molecular flexibility index (Phi) is 5.80. The molecule has 0 fully saturated rings. The first-order chi connectivity index (χ1) is 20.7. The average molecular weight is 559 g/mol. The largest absolute Gasteiger partial charge is 0.309 e. The third kappa shape index (κ3) is 4.21. The zero-order valence-corrected chi connectivity index (χ0v) is 23.2. The van der Waals surface area contributed by atoms with Gasteiger partial charge in [0, 0.05) is 27.6 Å². The van der Waals surface area contributed by atoms with Crippen LogP contribution in [-0.4, -0.2) is 19.5 Å². The van der Waals surface area contributed by atoms with Crippen molar-refractivity contribution in [3.05, 3.63) is 145 Å². The molecule has 0 saturated carbocycles. The molecule has 0 aliphatic carbocycles. The molecule has 0 aliphatic rings. The number of rotatable bonds is 4. The number of aromatic nitrogens is 4. The first-order valence-electron chi connectivity index (χ1n) is 13.8. The standard InChI is InChI=1S/C37H23ClN4/c38-37-40-35(39-36(41-37)29-18-17-25-11-4-5-12-26(25)21-29)28-13-8-14-30(22-28)42-33-16-7-6-15-31(33)32-23-27(19-20-34(32)42)24-9-2-1-3-10-24/h1-23H. The molecular weight excluding hydrogens is 536 g/mol. The average Bonchev–Trinajstić information content (AvgIpc) is 3.38. The van der Waals surface area contributed by atoms with Crippen LogP contribution in [0.25, 0.3) is 72.2 Å². The van der Waals surface area contributed by atoms with Gasteiger partial charge in [-0.15, -0.1) is 0 Å². The molecule has 42 heavy (non-hydrogen) atoms. The molecule has 0 bridgehead atoms. The van der Waals surface area contributed by atoms with Crippen molar-refractivity contribution < 1.29 is 0 Å². The minimum atomic E-state index is 0.166. The highest BCUT2D eigenvalue weighted by molar-refractivity contribution is 6.28. The van der Waals surface area contributed by atoms with Gasteiger partial charge in [-0.1, -0.05) is 103 Å². The molecule has 0 atom stereocenters. The summed E-state index contributed by atoms with van der Waals surface area (Å²) >= 11 is 6.46. The molecule has 0 spiro atoms. The molecule has 2 aromatic heterocycles. The monoisotopic (exact) mass is 558 g/mol. The van der Waals surface area contributed by atoms with Gasteiger partial charge in [0.2, 0.25) is 5.28 Å². The lowest BCUT2D eigenvalue weighted by molar-refractivity contribution is 1.06. The van der Waals surface area contributed by atoms with Crippen LogP contribution in [0.3, 0.4) is 0 Å². The number of para-hydroxylation sites is 1. The van der Waals surface area contributed by atoms with E-state index >= 15 is 0 Å². The highest BCUT2D eigenvalue weighted by Gasteiger charge is 2.15. The van der Waals surface area contributed by atoms with Crippen LogP contribution in [-0.2, 0) is 0 Å². The van der Waals surface area contributed by atoms with Gasteiger partial charge in [-0.05, 0) is 69.9 Å². The molecule has 0 amide bonds. The summed E-state index contributed by atoms with van der Waals surface area (Å²) in [6.07, 6.45) is 0. The van der Waals surface area contributed by atoms with Crippen molar-refractivity contribution in [3.63, 3.8) is 0 Å². The minimum absolute atomic E-state index is 0.166. The van der Waals surface area contributed by atoms with Crippen molar-refractivity contribution in [2.45, 2.75) is 0 Å². The summed E-state index contributed by atoms with van der Waals surface area (Å²) in [4.78, 5) is 13.8. The summed E-state index contributed by atoms with van der Waals surface area (Å²) in [6.45, 7) is 0. The molecule has 8 aromatic rings. The van der Waals surface area contributed by atoms with Crippen LogP contribution in [0.5, 0.6) is 0 Å². The lowest BCUT2D eigenvalue weighted by Crippen LogP contribution is -1.99. The van der Waals surface area contributed by atoms with E-state index in [0.717, 1.165) is 38.6 Å².